The molecule has 2 unspecified atom stereocenters. The SMILES string of the molecule is O=C(NCC1CCCO1)C1COC2(CCN(C(=O)c3ccccc3Cl)CC2)N1C(=O)c1ccco1. The van der Waals surface area contributed by atoms with Crippen LogP contribution in [0.3, 0.4) is 0 Å². The molecule has 10 heteroatoms. The third-order valence-electron chi connectivity index (χ3n) is 6.98. The molecule has 0 saturated carbocycles. The van der Waals surface area contributed by atoms with Crippen LogP contribution >= 0.6 is 11.6 Å². The van der Waals surface area contributed by atoms with Crippen LogP contribution in [0, 0.1) is 0 Å². The largest absolute Gasteiger partial charge is 0.459 e. The molecule has 2 atom stereocenters. The van der Waals surface area contributed by atoms with E-state index in [1.807, 2.05) is 0 Å². The zero-order valence-electron chi connectivity index (χ0n) is 19.3. The molecule has 1 aromatic carbocycles. The van der Waals surface area contributed by atoms with Crippen LogP contribution in [0.5, 0.6) is 0 Å². The van der Waals surface area contributed by atoms with Gasteiger partial charge >= 0.3 is 0 Å². The summed E-state index contributed by atoms with van der Waals surface area (Å²) in [5, 5.41) is 3.32. The minimum absolute atomic E-state index is 0.0106. The van der Waals surface area contributed by atoms with Gasteiger partial charge in [-0.15, -0.1) is 0 Å². The third-order valence-corrected chi connectivity index (χ3v) is 7.31. The number of carbonyl (C=O) groups excluding carboxylic acids is 3. The molecule has 2 aromatic rings. The summed E-state index contributed by atoms with van der Waals surface area (Å²) in [5.74, 6) is -0.720. The molecule has 1 spiro atoms. The van der Waals surface area contributed by atoms with Gasteiger partial charge in [0.05, 0.1) is 29.6 Å². The highest BCUT2D eigenvalue weighted by Gasteiger charge is 2.54. The van der Waals surface area contributed by atoms with Gasteiger partial charge in [0.25, 0.3) is 11.8 Å². The van der Waals surface area contributed by atoms with Crippen molar-refractivity contribution < 1.29 is 28.3 Å². The number of furan rings is 1. The number of rotatable bonds is 5. The van der Waals surface area contributed by atoms with Crippen molar-refractivity contribution in [2.75, 3.05) is 32.8 Å². The minimum atomic E-state index is -1.01. The van der Waals surface area contributed by atoms with E-state index in [0.29, 0.717) is 49.7 Å². The van der Waals surface area contributed by atoms with Gasteiger partial charge in [0, 0.05) is 39.1 Å². The van der Waals surface area contributed by atoms with Crippen LogP contribution in [0.4, 0.5) is 0 Å². The van der Waals surface area contributed by atoms with Gasteiger partial charge in [-0.05, 0) is 37.1 Å². The lowest BCUT2D eigenvalue weighted by molar-refractivity contribution is -0.128. The Kier molecular flexibility index (Phi) is 6.82. The monoisotopic (exact) mass is 501 g/mol. The van der Waals surface area contributed by atoms with E-state index in [4.69, 9.17) is 25.5 Å². The van der Waals surface area contributed by atoms with Gasteiger partial charge in [-0.2, -0.15) is 0 Å². The van der Waals surface area contributed by atoms with E-state index < -0.39 is 17.7 Å². The number of benzene rings is 1. The first-order valence-electron chi connectivity index (χ1n) is 11.9. The highest BCUT2D eigenvalue weighted by Crippen LogP contribution is 2.39. The summed E-state index contributed by atoms with van der Waals surface area (Å²) in [6, 6.07) is 9.33. The molecule has 3 fully saturated rings. The van der Waals surface area contributed by atoms with Crippen molar-refractivity contribution in [2.24, 2.45) is 0 Å². The second-order valence-corrected chi connectivity index (χ2v) is 9.48. The zero-order chi connectivity index (χ0) is 24.4. The molecular formula is C25H28ClN3O6. The van der Waals surface area contributed by atoms with Crippen LogP contribution in [-0.4, -0.2) is 78.2 Å². The van der Waals surface area contributed by atoms with E-state index >= 15 is 0 Å². The number of hydrogen-bond acceptors (Lipinski definition) is 6. The minimum Gasteiger partial charge on any atom is -0.459 e. The summed E-state index contributed by atoms with van der Waals surface area (Å²) >= 11 is 6.22. The molecule has 3 saturated heterocycles. The van der Waals surface area contributed by atoms with Crippen molar-refractivity contribution >= 4 is 29.3 Å². The lowest BCUT2D eigenvalue weighted by Gasteiger charge is -2.44. The molecule has 0 bridgehead atoms. The number of hydrogen-bond donors (Lipinski definition) is 1. The van der Waals surface area contributed by atoms with E-state index in [1.54, 1.807) is 41.3 Å². The van der Waals surface area contributed by atoms with E-state index in [9.17, 15) is 14.4 Å². The van der Waals surface area contributed by atoms with Crippen molar-refractivity contribution in [3.05, 3.63) is 59.0 Å². The number of carbonyl (C=O) groups is 3. The number of nitrogens with one attached hydrogen (secondary N) is 1. The van der Waals surface area contributed by atoms with E-state index in [2.05, 4.69) is 5.32 Å². The summed E-state index contributed by atoms with van der Waals surface area (Å²) in [5.41, 5.74) is -0.570. The third kappa shape index (κ3) is 4.68. The summed E-state index contributed by atoms with van der Waals surface area (Å²) in [4.78, 5) is 42.9. The Morgan fingerprint density at radius 2 is 1.89 bits per heavy atom. The summed E-state index contributed by atoms with van der Waals surface area (Å²) in [6.07, 6.45) is 4.02. The molecule has 3 aliphatic heterocycles. The van der Waals surface area contributed by atoms with Crippen LogP contribution in [-0.2, 0) is 14.3 Å². The summed E-state index contributed by atoms with van der Waals surface area (Å²) in [7, 11) is 0. The standard InChI is InChI=1S/C25H28ClN3O6/c26-19-7-2-1-6-18(19)23(31)28-11-9-25(10-12-28)29(24(32)21-8-4-14-34-21)20(16-35-25)22(30)27-15-17-5-3-13-33-17/h1-2,4,6-8,14,17,20H,3,5,9-13,15-16H2,(H,27,30). The first-order chi connectivity index (χ1) is 17.0. The highest BCUT2D eigenvalue weighted by molar-refractivity contribution is 6.33. The normalized spacial score (nSPS) is 23.6. The van der Waals surface area contributed by atoms with Crippen LogP contribution in [0.25, 0.3) is 0 Å². The molecule has 186 valence electrons. The smallest absolute Gasteiger partial charge is 0.292 e. The van der Waals surface area contributed by atoms with Crippen molar-refractivity contribution in [1.82, 2.24) is 15.1 Å². The van der Waals surface area contributed by atoms with Crippen LogP contribution in [0.15, 0.2) is 47.1 Å². The van der Waals surface area contributed by atoms with Gasteiger partial charge in [0.15, 0.2) is 5.76 Å². The number of likely N-dealkylation sites (tertiary alicyclic amines) is 1. The zero-order valence-corrected chi connectivity index (χ0v) is 20.0. The fraction of sp³-hybridized carbons (Fsp3) is 0.480. The average Bonchev–Trinajstić information content (AvgIpc) is 3.65. The molecule has 5 rings (SSSR count). The van der Waals surface area contributed by atoms with Crippen LogP contribution in [0.1, 0.15) is 46.6 Å². The molecule has 3 aliphatic rings. The van der Waals surface area contributed by atoms with Gasteiger partial charge in [-0.25, -0.2) is 0 Å². The lowest BCUT2D eigenvalue weighted by Crippen LogP contribution is -2.60. The maximum Gasteiger partial charge on any atom is 0.292 e. The highest BCUT2D eigenvalue weighted by atomic mass is 35.5. The summed E-state index contributed by atoms with van der Waals surface area (Å²) in [6.45, 7) is 1.88. The molecule has 0 aliphatic carbocycles. The Balaban J connectivity index is 1.32. The van der Waals surface area contributed by atoms with Crippen molar-refractivity contribution in [3.63, 3.8) is 0 Å². The molecule has 35 heavy (non-hydrogen) atoms. The Bertz CT molecular complexity index is 1080. The van der Waals surface area contributed by atoms with E-state index in [1.165, 1.54) is 11.2 Å². The van der Waals surface area contributed by atoms with Gasteiger partial charge < -0.3 is 24.1 Å². The molecular weight excluding hydrogens is 474 g/mol. The number of ether oxygens (including phenoxy) is 2. The molecule has 1 aromatic heterocycles. The van der Waals surface area contributed by atoms with Crippen molar-refractivity contribution in [1.29, 1.82) is 0 Å². The van der Waals surface area contributed by atoms with E-state index in [0.717, 1.165) is 12.8 Å². The Hall–Kier alpha value is -2.88. The van der Waals surface area contributed by atoms with Gasteiger partial charge in [-0.1, -0.05) is 23.7 Å². The first-order valence-corrected chi connectivity index (χ1v) is 12.3. The van der Waals surface area contributed by atoms with E-state index in [-0.39, 0.29) is 30.3 Å². The van der Waals surface area contributed by atoms with Gasteiger partial charge in [0.2, 0.25) is 5.91 Å². The maximum atomic E-state index is 13.5. The fourth-order valence-electron chi connectivity index (χ4n) is 5.09. The quantitative estimate of drug-likeness (QED) is 0.676. The number of halogens is 1. The Morgan fingerprint density at radius 1 is 1.09 bits per heavy atom. The maximum absolute atomic E-state index is 13.5. The van der Waals surface area contributed by atoms with Crippen molar-refractivity contribution in [3.8, 4) is 0 Å². The summed E-state index contributed by atoms with van der Waals surface area (Å²) < 4.78 is 17.1. The molecule has 9 nitrogen and oxygen atoms in total. The fourth-order valence-corrected chi connectivity index (χ4v) is 5.30. The van der Waals surface area contributed by atoms with Crippen LogP contribution in [0.2, 0.25) is 5.02 Å². The second-order valence-electron chi connectivity index (χ2n) is 9.08. The molecule has 1 N–H and O–H groups in total. The van der Waals surface area contributed by atoms with Crippen molar-refractivity contribution in [2.45, 2.75) is 43.6 Å². The predicted molar refractivity (Wildman–Crippen MR) is 126 cm³/mol. The average molecular weight is 502 g/mol. The lowest BCUT2D eigenvalue weighted by atomic mass is 9.96. The Morgan fingerprint density at radius 3 is 2.57 bits per heavy atom. The number of amides is 3. The van der Waals surface area contributed by atoms with Gasteiger partial charge in [-0.3, -0.25) is 19.3 Å². The van der Waals surface area contributed by atoms with Crippen LogP contribution < -0.4 is 5.32 Å². The molecule has 4 heterocycles. The predicted octanol–water partition coefficient (Wildman–Crippen LogP) is 2.70. The molecule has 3 amide bonds. The second kappa shape index (κ2) is 10.0. The van der Waals surface area contributed by atoms with Gasteiger partial charge in [0.1, 0.15) is 11.8 Å². The molecule has 0 radical (unpaired) electrons. The number of nitrogens with zero attached hydrogens (tertiary/aromatic N) is 2. The number of piperidine rings is 1. The first kappa shape index (κ1) is 23.8. The topological polar surface area (TPSA) is 101 Å². The Labute approximate surface area is 208 Å².